The Balaban J connectivity index is 2.00. The second kappa shape index (κ2) is 5.39. The van der Waals surface area contributed by atoms with E-state index in [9.17, 15) is 18.0 Å². The van der Waals surface area contributed by atoms with E-state index in [0.717, 1.165) is 11.8 Å². The lowest BCUT2D eigenvalue weighted by atomic mass is 10.1. The van der Waals surface area contributed by atoms with Gasteiger partial charge in [0.2, 0.25) is 5.91 Å². The third kappa shape index (κ3) is 2.78. The maximum atomic E-state index is 11.9. The van der Waals surface area contributed by atoms with E-state index in [1.54, 1.807) is 0 Å². The molecule has 9 heteroatoms. The number of piperidine rings is 1. The number of imide groups is 1. The first-order valence-corrected chi connectivity index (χ1v) is 8.38. The molecule has 2 rings (SSSR count). The minimum Gasteiger partial charge on any atom is -0.273 e. The van der Waals surface area contributed by atoms with Crippen molar-refractivity contribution in [2.75, 3.05) is 32.9 Å². The van der Waals surface area contributed by atoms with Crippen molar-refractivity contribution in [1.82, 2.24) is 13.5 Å². The molecule has 2 aliphatic heterocycles. The van der Waals surface area contributed by atoms with Crippen LogP contribution < -0.4 is 0 Å². The zero-order valence-corrected chi connectivity index (χ0v) is 12.5. The summed E-state index contributed by atoms with van der Waals surface area (Å²) in [6.07, 6.45) is 1.01. The van der Waals surface area contributed by atoms with Crippen LogP contribution in [0.15, 0.2) is 0 Å². The minimum atomic E-state index is -3.40. The monoisotopic (exact) mass is 307 g/mol. The van der Waals surface area contributed by atoms with Crippen LogP contribution in [0.5, 0.6) is 0 Å². The van der Waals surface area contributed by atoms with E-state index in [1.807, 2.05) is 0 Å². The Bertz CT molecular complexity index is 467. The topological polar surface area (TPSA) is 78.0 Å². The van der Waals surface area contributed by atoms with Gasteiger partial charge in [-0.1, -0.05) is 11.8 Å². The van der Waals surface area contributed by atoms with Gasteiger partial charge in [0.1, 0.15) is 0 Å². The number of rotatable bonds is 3. The number of amides is 2. The third-order valence-electron chi connectivity index (χ3n) is 3.36. The van der Waals surface area contributed by atoms with Gasteiger partial charge in [-0.25, -0.2) is 0 Å². The number of hydrogen-bond acceptors (Lipinski definition) is 5. The lowest BCUT2D eigenvalue weighted by molar-refractivity contribution is -0.126. The molecule has 0 aromatic carbocycles. The molecule has 0 aromatic heterocycles. The molecule has 0 radical (unpaired) electrons. The molecule has 2 amide bonds. The number of carbonyl (C=O) groups is 2. The predicted octanol–water partition coefficient (Wildman–Crippen LogP) is -0.0474. The Morgan fingerprint density at radius 1 is 1.21 bits per heavy atom. The molecule has 2 aliphatic rings. The van der Waals surface area contributed by atoms with Gasteiger partial charge in [-0.2, -0.15) is 17.0 Å². The average Bonchev–Trinajstić information content (AvgIpc) is 2.69. The van der Waals surface area contributed by atoms with Crippen LogP contribution in [0.1, 0.15) is 12.8 Å². The van der Waals surface area contributed by atoms with Gasteiger partial charge in [-0.05, 0) is 12.8 Å². The summed E-state index contributed by atoms with van der Waals surface area (Å²) in [6, 6.07) is -0.163. The van der Waals surface area contributed by atoms with Crippen molar-refractivity contribution in [3.63, 3.8) is 0 Å². The van der Waals surface area contributed by atoms with Crippen LogP contribution >= 0.6 is 11.8 Å². The van der Waals surface area contributed by atoms with Gasteiger partial charge in [-0.15, -0.1) is 0 Å². The van der Waals surface area contributed by atoms with Crippen molar-refractivity contribution >= 4 is 33.1 Å². The summed E-state index contributed by atoms with van der Waals surface area (Å²) >= 11 is 1.02. The fourth-order valence-electron chi connectivity index (χ4n) is 2.28. The Labute approximate surface area is 117 Å². The SMILES string of the molecule is CN(C)S(=O)(=O)N1CCC(N2C(=O)CSC2=O)CC1. The summed E-state index contributed by atoms with van der Waals surface area (Å²) < 4.78 is 26.5. The summed E-state index contributed by atoms with van der Waals surface area (Å²) in [5.74, 6) is 0.0404. The van der Waals surface area contributed by atoms with E-state index in [2.05, 4.69) is 0 Å². The Kier molecular flexibility index (Phi) is 4.19. The lowest BCUT2D eigenvalue weighted by Gasteiger charge is -2.35. The first-order valence-electron chi connectivity index (χ1n) is 6.00. The van der Waals surface area contributed by atoms with Crippen molar-refractivity contribution in [3.05, 3.63) is 0 Å². The van der Waals surface area contributed by atoms with Crippen molar-refractivity contribution in [2.24, 2.45) is 0 Å². The normalized spacial score (nSPS) is 23.6. The Hall–Kier alpha value is -0.640. The molecule has 2 fully saturated rings. The zero-order chi connectivity index (χ0) is 14.2. The van der Waals surface area contributed by atoms with Crippen LogP contribution in [-0.4, -0.2) is 72.1 Å². The van der Waals surface area contributed by atoms with Crippen molar-refractivity contribution < 1.29 is 18.0 Å². The summed E-state index contributed by atoms with van der Waals surface area (Å²) in [6.45, 7) is 0.680. The summed E-state index contributed by atoms with van der Waals surface area (Å²) in [7, 11) is -0.418. The van der Waals surface area contributed by atoms with Crippen LogP contribution in [0.2, 0.25) is 0 Å². The summed E-state index contributed by atoms with van der Waals surface area (Å²) in [5, 5.41) is -0.209. The molecule has 7 nitrogen and oxygen atoms in total. The Morgan fingerprint density at radius 2 is 1.79 bits per heavy atom. The molecule has 19 heavy (non-hydrogen) atoms. The molecule has 0 saturated carbocycles. The highest BCUT2D eigenvalue weighted by atomic mass is 32.2. The fourth-order valence-corrected chi connectivity index (χ4v) is 4.19. The highest BCUT2D eigenvalue weighted by molar-refractivity contribution is 8.14. The zero-order valence-electron chi connectivity index (χ0n) is 10.9. The summed E-state index contributed by atoms with van der Waals surface area (Å²) in [5.41, 5.74) is 0. The maximum Gasteiger partial charge on any atom is 0.289 e. The molecule has 0 bridgehead atoms. The molecule has 0 N–H and O–H groups in total. The highest BCUT2D eigenvalue weighted by Crippen LogP contribution is 2.27. The van der Waals surface area contributed by atoms with E-state index in [0.29, 0.717) is 25.9 Å². The fraction of sp³-hybridized carbons (Fsp3) is 0.800. The van der Waals surface area contributed by atoms with Gasteiger partial charge in [-0.3, -0.25) is 14.5 Å². The van der Waals surface area contributed by atoms with Crippen LogP contribution in [0, 0.1) is 0 Å². The molecule has 0 atom stereocenters. The standard InChI is InChI=1S/C10H17N3O4S2/c1-11(2)19(16,17)12-5-3-8(4-6-12)13-9(14)7-18-10(13)15/h8H,3-7H2,1-2H3. The number of carbonyl (C=O) groups excluding carboxylic acids is 2. The molecule has 0 unspecified atom stereocenters. The molecule has 0 aromatic rings. The van der Waals surface area contributed by atoms with Gasteiger partial charge in [0.15, 0.2) is 0 Å². The lowest BCUT2D eigenvalue weighted by Crippen LogP contribution is -2.50. The van der Waals surface area contributed by atoms with Gasteiger partial charge < -0.3 is 0 Å². The average molecular weight is 307 g/mol. The van der Waals surface area contributed by atoms with Crippen molar-refractivity contribution in [1.29, 1.82) is 0 Å². The first kappa shape index (κ1) is 14.8. The van der Waals surface area contributed by atoms with E-state index < -0.39 is 10.2 Å². The quantitative estimate of drug-likeness (QED) is 0.731. The molecule has 2 heterocycles. The first-order chi connectivity index (χ1) is 8.84. The van der Waals surface area contributed by atoms with E-state index in [4.69, 9.17) is 0 Å². The molecular formula is C10H17N3O4S2. The van der Waals surface area contributed by atoms with Crippen molar-refractivity contribution in [3.8, 4) is 0 Å². The molecule has 2 saturated heterocycles. The molecule has 0 spiro atoms. The molecular weight excluding hydrogens is 290 g/mol. The predicted molar refractivity (Wildman–Crippen MR) is 71.9 cm³/mol. The Morgan fingerprint density at radius 3 is 2.21 bits per heavy atom. The van der Waals surface area contributed by atoms with Crippen LogP contribution in [0.4, 0.5) is 4.79 Å². The van der Waals surface area contributed by atoms with Crippen LogP contribution in [0.3, 0.4) is 0 Å². The van der Waals surface area contributed by atoms with E-state index in [1.165, 1.54) is 27.6 Å². The van der Waals surface area contributed by atoms with Gasteiger partial charge in [0.25, 0.3) is 15.4 Å². The summed E-state index contributed by atoms with van der Waals surface area (Å²) in [4.78, 5) is 24.5. The van der Waals surface area contributed by atoms with Crippen molar-refractivity contribution in [2.45, 2.75) is 18.9 Å². The highest BCUT2D eigenvalue weighted by Gasteiger charge is 2.39. The van der Waals surface area contributed by atoms with Crippen LogP contribution in [-0.2, 0) is 15.0 Å². The second-order valence-electron chi connectivity index (χ2n) is 4.74. The van der Waals surface area contributed by atoms with E-state index in [-0.39, 0.29) is 22.9 Å². The number of nitrogens with zero attached hydrogens (tertiary/aromatic N) is 3. The second-order valence-corrected chi connectivity index (χ2v) is 7.81. The van der Waals surface area contributed by atoms with Gasteiger partial charge in [0.05, 0.1) is 5.75 Å². The van der Waals surface area contributed by atoms with Gasteiger partial charge in [0, 0.05) is 33.2 Å². The van der Waals surface area contributed by atoms with Gasteiger partial charge >= 0.3 is 0 Å². The van der Waals surface area contributed by atoms with E-state index >= 15 is 0 Å². The smallest absolute Gasteiger partial charge is 0.273 e. The number of hydrogen-bond donors (Lipinski definition) is 0. The number of thioether (sulfide) groups is 1. The van der Waals surface area contributed by atoms with Crippen LogP contribution in [0.25, 0.3) is 0 Å². The molecule has 108 valence electrons. The minimum absolute atomic E-state index is 0.163. The maximum absolute atomic E-state index is 11.9. The molecule has 0 aliphatic carbocycles. The third-order valence-corrected chi connectivity index (χ3v) is 6.14. The largest absolute Gasteiger partial charge is 0.289 e.